The average Bonchev–Trinajstić information content (AvgIpc) is 3.08. The first kappa shape index (κ1) is 14.5. The molecule has 0 aliphatic carbocycles. The Labute approximate surface area is 129 Å². The van der Waals surface area contributed by atoms with E-state index in [4.69, 9.17) is 0 Å². The Morgan fingerprint density at radius 1 is 1.32 bits per heavy atom. The SMILES string of the molecule is CN(C)c1ccc(C(=O)N2CCCC[C@H]2c2ncn[nH]2)cn1. The van der Waals surface area contributed by atoms with Gasteiger partial charge in [0.2, 0.25) is 0 Å². The lowest BCUT2D eigenvalue weighted by Crippen LogP contribution is -2.39. The van der Waals surface area contributed by atoms with E-state index in [2.05, 4.69) is 20.2 Å². The van der Waals surface area contributed by atoms with Crippen LogP contribution >= 0.6 is 0 Å². The molecule has 1 saturated heterocycles. The number of hydrogen-bond donors (Lipinski definition) is 1. The summed E-state index contributed by atoms with van der Waals surface area (Å²) in [5, 5.41) is 6.79. The molecule has 1 aliphatic rings. The molecule has 0 unspecified atom stereocenters. The summed E-state index contributed by atoms with van der Waals surface area (Å²) < 4.78 is 0. The van der Waals surface area contributed by atoms with Gasteiger partial charge in [0.1, 0.15) is 18.0 Å². The summed E-state index contributed by atoms with van der Waals surface area (Å²) in [4.78, 5) is 25.1. The maximum atomic E-state index is 12.8. The Hall–Kier alpha value is -2.44. The van der Waals surface area contributed by atoms with Gasteiger partial charge in [-0.2, -0.15) is 5.10 Å². The van der Waals surface area contributed by atoms with Gasteiger partial charge >= 0.3 is 0 Å². The Bertz CT molecular complexity index is 622. The minimum Gasteiger partial charge on any atom is -0.363 e. The number of amides is 1. The molecular weight excluding hydrogens is 280 g/mol. The fourth-order valence-corrected chi connectivity index (χ4v) is 2.78. The summed E-state index contributed by atoms with van der Waals surface area (Å²) >= 11 is 0. The number of nitrogens with one attached hydrogen (secondary N) is 1. The lowest BCUT2D eigenvalue weighted by atomic mass is 10.0. The first-order valence-corrected chi connectivity index (χ1v) is 7.46. The number of carbonyl (C=O) groups is 1. The molecule has 22 heavy (non-hydrogen) atoms. The van der Waals surface area contributed by atoms with Crippen molar-refractivity contribution in [2.75, 3.05) is 25.5 Å². The molecule has 0 saturated carbocycles. The van der Waals surface area contributed by atoms with Crippen LogP contribution in [0.3, 0.4) is 0 Å². The number of likely N-dealkylation sites (tertiary alicyclic amines) is 1. The van der Waals surface area contributed by atoms with Crippen molar-refractivity contribution in [1.82, 2.24) is 25.1 Å². The molecule has 7 nitrogen and oxygen atoms in total. The predicted molar refractivity (Wildman–Crippen MR) is 82.6 cm³/mol. The smallest absolute Gasteiger partial charge is 0.256 e. The normalized spacial score (nSPS) is 18.3. The van der Waals surface area contributed by atoms with Crippen LogP contribution in [0, 0.1) is 0 Å². The van der Waals surface area contributed by atoms with Gasteiger partial charge in [-0.3, -0.25) is 9.89 Å². The Balaban J connectivity index is 1.82. The molecule has 116 valence electrons. The van der Waals surface area contributed by atoms with Crippen LogP contribution in [0.15, 0.2) is 24.7 Å². The van der Waals surface area contributed by atoms with E-state index in [9.17, 15) is 4.79 Å². The van der Waals surface area contributed by atoms with E-state index in [0.717, 1.165) is 37.4 Å². The molecule has 2 aromatic heterocycles. The van der Waals surface area contributed by atoms with E-state index in [0.29, 0.717) is 5.56 Å². The van der Waals surface area contributed by atoms with Gasteiger partial charge in [-0.25, -0.2) is 9.97 Å². The highest BCUT2D eigenvalue weighted by Gasteiger charge is 2.30. The molecule has 2 aromatic rings. The third-order valence-electron chi connectivity index (χ3n) is 3.97. The van der Waals surface area contributed by atoms with Gasteiger partial charge < -0.3 is 9.80 Å². The summed E-state index contributed by atoms with van der Waals surface area (Å²) in [6.07, 6.45) is 6.14. The summed E-state index contributed by atoms with van der Waals surface area (Å²) in [6.45, 7) is 0.736. The van der Waals surface area contributed by atoms with Crippen molar-refractivity contribution in [2.45, 2.75) is 25.3 Å². The fourth-order valence-electron chi connectivity index (χ4n) is 2.78. The second-order valence-electron chi connectivity index (χ2n) is 5.68. The average molecular weight is 300 g/mol. The van der Waals surface area contributed by atoms with Crippen LogP contribution in [0.25, 0.3) is 0 Å². The van der Waals surface area contributed by atoms with E-state index >= 15 is 0 Å². The van der Waals surface area contributed by atoms with Gasteiger partial charge in [-0.1, -0.05) is 0 Å². The highest BCUT2D eigenvalue weighted by molar-refractivity contribution is 5.94. The van der Waals surface area contributed by atoms with Crippen LogP contribution in [-0.4, -0.2) is 51.6 Å². The standard InChI is InChI=1S/C15H20N6O/c1-20(2)13-7-6-11(9-16-13)15(22)21-8-4-3-5-12(21)14-17-10-18-19-14/h6-7,9-10,12H,3-5,8H2,1-2H3,(H,17,18,19)/t12-/m0/s1. The van der Waals surface area contributed by atoms with E-state index in [1.54, 1.807) is 6.20 Å². The summed E-state index contributed by atoms with van der Waals surface area (Å²) in [7, 11) is 3.85. The van der Waals surface area contributed by atoms with Crippen molar-refractivity contribution >= 4 is 11.7 Å². The number of aromatic nitrogens is 4. The van der Waals surface area contributed by atoms with Crippen molar-refractivity contribution < 1.29 is 4.79 Å². The predicted octanol–water partition coefficient (Wildman–Crippen LogP) is 1.63. The lowest BCUT2D eigenvalue weighted by Gasteiger charge is -2.34. The topological polar surface area (TPSA) is 78.0 Å². The number of H-pyrrole nitrogens is 1. The molecule has 1 aliphatic heterocycles. The number of piperidine rings is 1. The van der Waals surface area contributed by atoms with E-state index in [-0.39, 0.29) is 11.9 Å². The second-order valence-corrected chi connectivity index (χ2v) is 5.68. The summed E-state index contributed by atoms with van der Waals surface area (Å²) in [6, 6.07) is 3.66. The van der Waals surface area contributed by atoms with Crippen molar-refractivity contribution in [2.24, 2.45) is 0 Å². The monoisotopic (exact) mass is 300 g/mol. The molecular formula is C15H20N6O. The van der Waals surface area contributed by atoms with E-state index in [1.807, 2.05) is 36.0 Å². The van der Waals surface area contributed by atoms with Crippen LogP contribution in [0.2, 0.25) is 0 Å². The molecule has 1 fully saturated rings. The molecule has 0 aromatic carbocycles. The van der Waals surface area contributed by atoms with Crippen molar-refractivity contribution in [3.05, 3.63) is 36.0 Å². The zero-order valence-electron chi connectivity index (χ0n) is 12.9. The number of anilines is 1. The number of aromatic amines is 1. The zero-order valence-corrected chi connectivity index (χ0v) is 12.9. The molecule has 0 spiro atoms. The van der Waals surface area contributed by atoms with Crippen LogP contribution < -0.4 is 4.90 Å². The maximum Gasteiger partial charge on any atom is 0.256 e. The van der Waals surface area contributed by atoms with Crippen molar-refractivity contribution in [3.8, 4) is 0 Å². The first-order valence-electron chi connectivity index (χ1n) is 7.46. The highest BCUT2D eigenvalue weighted by Crippen LogP contribution is 2.29. The second kappa shape index (κ2) is 6.13. The minimum absolute atomic E-state index is 0.00101. The highest BCUT2D eigenvalue weighted by atomic mass is 16.2. The van der Waals surface area contributed by atoms with Crippen LogP contribution in [0.1, 0.15) is 41.5 Å². The quantitative estimate of drug-likeness (QED) is 0.932. The molecule has 7 heteroatoms. The van der Waals surface area contributed by atoms with Gasteiger partial charge in [0.15, 0.2) is 0 Å². The number of carbonyl (C=O) groups excluding carboxylic acids is 1. The Morgan fingerprint density at radius 2 is 2.18 bits per heavy atom. The first-order chi connectivity index (χ1) is 10.7. The van der Waals surface area contributed by atoms with Crippen molar-refractivity contribution in [3.63, 3.8) is 0 Å². The van der Waals surface area contributed by atoms with Gasteiger partial charge in [0.25, 0.3) is 5.91 Å². The molecule has 1 atom stereocenters. The fraction of sp³-hybridized carbons (Fsp3) is 0.467. The number of hydrogen-bond acceptors (Lipinski definition) is 5. The van der Waals surface area contributed by atoms with Crippen LogP contribution in [0.4, 0.5) is 5.82 Å². The Kier molecular flexibility index (Phi) is 4.04. The largest absolute Gasteiger partial charge is 0.363 e. The number of pyridine rings is 1. The van der Waals surface area contributed by atoms with Gasteiger partial charge in [-0.15, -0.1) is 0 Å². The molecule has 0 bridgehead atoms. The number of nitrogens with zero attached hydrogens (tertiary/aromatic N) is 5. The third kappa shape index (κ3) is 2.79. The Morgan fingerprint density at radius 3 is 2.82 bits per heavy atom. The summed E-state index contributed by atoms with van der Waals surface area (Å²) in [5.41, 5.74) is 0.608. The molecule has 1 N–H and O–H groups in total. The number of rotatable bonds is 3. The van der Waals surface area contributed by atoms with Crippen molar-refractivity contribution in [1.29, 1.82) is 0 Å². The van der Waals surface area contributed by atoms with Gasteiger partial charge in [0, 0.05) is 26.8 Å². The van der Waals surface area contributed by atoms with E-state index in [1.165, 1.54) is 6.33 Å². The minimum atomic E-state index is -0.0303. The molecule has 1 amide bonds. The van der Waals surface area contributed by atoms with Crippen LogP contribution in [0.5, 0.6) is 0 Å². The maximum absolute atomic E-state index is 12.8. The molecule has 0 radical (unpaired) electrons. The van der Waals surface area contributed by atoms with Crippen LogP contribution in [-0.2, 0) is 0 Å². The third-order valence-corrected chi connectivity index (χ3v) is 3.97. The van der Waals surface area contributed by atoms with Gasteiger partial charge in [-0.05, 0) is 31.4 Å². The summed E-state index contributed by atoms with van der Waals surface area (Å²) in [5.74, 6) is 1.59. The van der Waals surface area contributed by atoms with E-state index < -0.39 is 0 Å². The molecule has 3 heterocycles. The lowest BCUT2D eigenvalue weighted by molar-refractivity contribution is 0.0600. The molecule has 3 rings (SSSR count). The van der Waals surface area contributed by atoms with Gasteiger partial charge in [0.05, 0.1) is 11.6 Å². The zero-order chi connectivity index (χ0) is 15.5.